The molecule has 2 aliphatic heterocycles. The first-order valence-electron chi connectivity index (χ1n) is 7.38. The van der Waals surface area contributed by atoms with Gasteiger partial charge in [-0.2, -0.15) is 0 Å². The van der Waals surface area contributed by atoms with E-state index in [1.807, 2.05) is 12.3 Å². The highest BCUT2D eigenvalue weighted by atomic mass is 32.1. The highest BCUT2D eigenvalue weighted by molar-refractivity contribution is 7.13. The second-order valence-electron chi connectivity index (χ2n) is 5.72. The Hall–Kier alpha value is -1.47. The average Bonchev–Trinajstić information content (AvgIpc) is 3.05. The van der Waals surface area contributed by atoms with Gasteiger partial charge in [-0.05, 0) is 31.8 Å². The molecule has 0 saturated carbocycles. The molecular formula is C14H20N4O2S. The maximum Gasteiger partial charge on any atom is 0.248 e. The summed E-state index contributed by atoms with van der Waals surface area (Å²) in [5.74, 6) is 0.383. The van der Waals surface area contributed by atoms with Crippen molar-refractivity contribution in [2.24, 2.45) is 11.8 Å². The molecule has 3 rings (SSSR count). The van der Waals surface area contributed by atoms with Crippen LogP contribution in [0.3, 0.4) is 0 Å². The highest BCUT2D eigenvalue weighted by Crippen LogP contribution is 2.25. The van der Waals surface area contributed by atoms with Crippen LogP contribution >= 0.6 is 11.3 Å². The average molecular weight is 308 g/mol. The van der Waals surface area contributed by atoms with Crippen LogP contribution < -0.4 is 10.6 Å². The van der Waals surface area contributed by atoms with Crippen molar-refractivity contribution in [3.05, 3.63) is 11.6 Å². The molecule has 0 spiro atoms. The Labute approximate surface area is 127 Å². The van der Waals surface area contributed by atoms with Gasteiger partial charge >= 0.3 is 0 Å². The zero-order chi connectivity index (χ0) is 14.8. The minimum Gasteiger partial charge on any atom is -0.330 e. The summed E-state index contributed by atoms with van der Waals surface area (Å²) >= 11 is 1.39. The van der Waals surface area contributed by atoms with Crippen molar-refractivity contribution in [3.8, 4) is 0 Å². The van der Waals surface area contributed by atoms with E-state index in [0.29, 0.717) is 17.6 Å². The van der Waals surface area contributed by atoms with E-state index in [1.165, 1.54) is 11.3 Å². The van der Waals surface area contributed by atoms with Gasteiger partial charge in [-0.1, -0.05) is 6.92 Å². The number of anilines is 1. The number of thiazole rings is 1. The van der Waals surface area contributed by atoms with Crippen LogP contribution in [0, 0.1) is 11.8 Å². The molecule has 2 saturated heterocycles. The molecule has 6 nitrogen and oxygen atoms in total. The predicted octanol–water partition coefficient (Wildman–Crippen LogP) is 0.928. The van der Waals surface area contributed by atoms with Crippen molar-refractivity contribution in [3.63, 3.8) is 0 Å². The Bertz CT molecular complexity index is 515. The molecule has 1 aromatic heterocycles. The number of carbonyl (C=O) groups excluding carboxylic acids is 2. The molecule has 2 atom stereocenters. The van der Waals surface area contributed by atoms with Gasteiger partial charge in [0.2, 0.25) is 11.8 Å². The molecule has 1 aromatic rings. The van der Waals surface area contributed by atoms with Crippen molar-refractivity contribution in [2.45, 2.75) is 25.8 Å². The molecule has 114 valence electrons. The molecule has 0 bridgehead atoms. The lowest BCUT2D eigenvalue weighted by atomic mass is 9.88. The molecule has 0 radical (unpaired) electrons. The molecule has 0 aliphatic carbocycles. The van der Waals surface area contributed by atoms with Gasteiger partial charge in [0.05, 0.1) is 0 Å². The first-order chi connectivity index (χ1) is 10.2. The van der Waals surface area contributed by atoms with E-state index in [-0.39, 0.29) is 23.8 Å². The molecule has 7 heteroatoms. The normalized spacial score (nSPS) is 23.7. The minimum absolute atomic E-state index is 0.0143. The number of amides is 2. The third-order valence-corrected chi connectivity index (χ3v) is 5.10. The fourth-order valence-electron chi connectivity index (χ4n) is 2.90. The van der Waals surface area contributed by atoms with Crippen molar-refractivity contribution in [1.82, 2.24) is 15.2 Å². The SMILES string of the molecule is CC(C(=O)N1CCCC1C(=O)Nc1nccs1)C1CNC1. The van der Waals surface area contributed by atoms with Crippen LogP contribution in [0.4, 0.5) is 5.13 Å². The topological polar surface area (TPSA) is 74.3 Å². The molecule has 2 unspecified atom stereocenters. The maximum atomic E-state index is 12.6. The summed E-state index contributed by atoms with van der Waals surface area (Å²) in [6.45, 7) is 4.45. The van der Waals surface area contributed by atoms with Crippen LogP contribution in [-0.2, 0) is 9.59 Å². The number of aromatic nitrogens is 1. The number of hydrogen-bond acceptors (Lipinski definition) is 5. The summed E-state index contributed by atoms with van der Waals surface area (Å²) in [6, 6.07) is -0.350. The van der Waals surface area contributed by atoms with Crippen LogP contribution in [0.5, 0.6) is 0 Å². The van der Waals surface area contributed by atoms with Gasteiger partial charge in [-0.15, -0.1) is 11.3 Å². The van der Waals surface area contributed by atoms with Gasteiger partial charge in [0.1, 0.15) is 6.04 Å². The first kappa shape index (κ1) is 14.5. The largest absolute Gasteiger partial charge is 0.330 e. The molecule has 3 heterocycles. The number of likely N-dealkylation sites (tertiary alicyclic amines) is 1. The van der Waals surface area contributed by atoms with Gasteiger partial charge < -0.3 is 15.5 Å². The number of rotatable bonds is 4. The van der Waals surface area contributed by atoms with E-state index in [0.717, 1.165) is 25.9 Å². The lowest BCUT2D eigenvalue weighted by Gasteiger charge is -2.35. The Morgan fingerprint density at radius 2 is 2.33 bits per heavy atom. The second kappa shape index (κ2) is 6.11. The van der Waals surface area contributed by atoms with Crippen LogP contribution in [0.15, 0.2) is 11.6 Å². The molecule has 2 fully saturated rings. The Morgan fingerprint density at radius 3 is 2.95 bits per heavy atom. The molecule has 2 amide bonds. The van der Waals surface area contributed by atoms with E-state index in [2.05, 4.69) is 15.6 Å². The molecule has 2 N–H and O–H groups in total. The summed E-state index contributed by atoms with van der Waals surface area (Å²) in [6.07, 6.45) is 3.28. The number of nitrogens with zero attached hydrogens (tertiary/aromatic N) is 2. The predicted molar refractivity (Wildman–Crippen MR) is 81.0 cm³/mol. The summed E-state index contributed by atoms with van der Waals surface area (Å²) < 4.78 is 0. The van der Waals surface area contributed by atoms with E-state index in [9.17, 15) is 9.59 Å². The smallest absolute Gasteiger partial charge is 0.248 e. The first-order valence-corrected chi connectivity index (χ1v) is 8.26. The van der Waals surface area contributed by atoms with Gasteiger partial charge in [0.25, 0.3) is 0 Å². The van der Waals surface area contributed by atoms with Crippen molar-refractivity contribution in [1.29, 1.82) is 0 Å². The van der Waals surface area contributed by atoms with Crippen LogP contribution in [0.1, 0.15) is 19.8 Å². The van der Waals surface area contributed by atoms with E-state index in [1.54, 1.807) is 11.1 Å². The standard InChI is InChI=1S/C14H20N4O2S/c1-9(10-7-15-8-10)13(20)18-5-2-3-11(18)12(19)17-14-16-4-6-21-14/h4,6,9-11,15H,2-3,5,7-8H2,1H3,(H,16,17,19). The monoisotopic (exact) mass is 308 g/mol. The maximum absolute atomic E-state index is 12.6. The molecule has 0 aromatic carbocycles. The van der Waals surface area contributed by atoms with Crippen LogP contribution in [0.25, 0.3) is 0 Å². The fourth-order valence-corrected chi connectivity index (χ4v) is 3.44. The van der Waals surface area contributed by atoms with E-state index in [4.69, 9.17) is 0 Å². The highest BCUT2D eigenvalue weighted by Gasteiger charge is 2.39. The second-order valence-corrected chi connectivity index (χ2v) is 6.62. The zero-order valence-corrected chi connectivity index (χ0v) is 12.9. The summed E-state index contributed by atoms with van der Waals surface area (Å²) in [7, 11) is 0. The third-order valence-electron chi connectivity index (χ3n) is 4.41. The Kier molecular flexibility index (Phi) is 4.21. The van der Waals surface area contributed by atoms with Gasteiger partial charge in [0.15, 0.2) is 5.13 Å². The van der Waals surface area contributed by atoms with E-state index < -0.39 is 0 Å². The third kappa shape index (κ3) is 2.94. The summed E-state index contributed by atoms with van der Waals surface area (Å²) in [5, 5.41) is 8.41. The summed E-state index contributed by atoms with van der Waals surface area (Å²) in [5.41, 5.74) is 0. The van der Waals surface area contributed by atoms with Crippen molar-refractivity contribution < 1.29 is 9.59 Å². The van der Waals surface area contributed by atoms with Crippen LogP contribution in [-0.4, -0.2) is 47.4 Å². The van der Waals surface area contributed by atoms with E-state index >= 15 is 0 Å². The van der Waals surface area contributed by atoms with Crippen molar-refractivity contribution in [2.75, 3.05) is 25.0 Å². The lowest BCUT2D eigenvalue weighted by Crippen LogP contribution is -2.52. The van der Waals surface area contributed by atoms with Gasteiger partial charge in [-0.25, -0.2) is 4.98 Å². The zero-order valence-electron chi connectivity index (χ0n) is 12.0. The number of carbonyl (C=O) groups is 2. The number of nitrogens with one attached hydrogen (secondary N) is 2. The Morgan fingerprint density at radius 1 is 1.52 bits per heavy atom. The quantitative estimate of drug-likeness (QED) is 0.868. The minimum atomic E-state index is -0.350. The summed E-state index contributed by atoms with van der Waals surface area (Å²) in [4.78, 5) is 30.8. The fraction of sp³-hybridized carbons (Fsp3) is 0.643. The molecular weight excluding hydrogens is 288 g/mol. The van der Waals surface area contributed by atoms with Gasteiger partial charge in [0, 0.05) is 24.0 Å². The van der Waals surface area contributed by atoms with Crippen LogP contribution in [0.2, 0.25) is 0 Å². The van der Waals surface area contributed by atoms with Gasteiger partial charge in [-0.3, -0.25) is 9.59 Å². The lowest BCUT2D eigenvalue weighted by molar-refractivity contribution is -0.141. The molecule has 21 heavy (non-hydrogen) atoms. The molecule has 2 aliphatic rings. The Balaban J connectivity index is 1.64. The number of hydrogen-bond donors (Lipinski definition) is 2. The van der Waals surface area contributed by atoms with Crippen molar-refractivity contribution >= 4 is 28.3 Å².